The Kier molecular flexibility index (Phi) is 8.33. The van der Waals surface area contributed by atoms with E-state index in [-0.39, 0.29) is 6.29 Å². The Labute approximate surface area is 130 Å². The molecule has 21 heavy (non-hydrogen) atoms. The van der Waals surface area contributed by atoms with Gasteiger partial charge in [0.05, 0.1) is 13.2 Å². The number of rotatable bonds is 10. The second-order valence-electron chi connectivity index (χ2n) is 6.39. The molecule has 2 nitrogen and oxygen atoms in total. The van der Waals surface area contributed by atoms with Crippen LogP contribution in [0.2, 0.25) is 0 Å². The minimum absolute atomic E-state index is 0.129. The van der Waals surface area contributed by atoms with Gasteiger partial charge in [-0.3, -0.25) is 0 Å². The zero-order valence-corrected chi connectivity index (χ0v) is 14.0. The fourth-order valence-electron chi connectivity index (χ4n) is 1.92. The van der Waals surface area contributed by atoms with Crippen LogP contribution in [0.1, 0.15) is 46.1 Å². The molecule has 1 rings (SSSR count). The third kappa shape index (κ3) is 8.03. The van der Waals surface area contributed by atoms with Crippen LogP contribution in [-0.4, -0.2) is 19.5 Å². The molecule has 0 bridgehead atoms. The average Bonchev–Trinajstić information content (AvgIpc) is 2.46. The summed E-state index contributed by atoms with van der Waals surface area (Å²) in [6, 6.07) is 10.3. The van der Waals surface area contributed by atoms with E-state index in [4.69, 9.17) is 9.47 Å². The largest absolute Gasteiger partial charge is 0.352 e. The van der Waals surface area contributed by atoms with Gasteiger partial charge < -0.3 is 9.47 Å². The highest BCUT2D eigenvalue weighted by Gasteiger charge is 2.12. The van der Waals surface area contributed by atoms with Crippen molar-refractivity contribution in [2.24, 2.45) is 11.8 Å². The van der Waals surface area contributed by atoms with E-state index in [9.17, 15) is 0 Å². The van der Waals surface area contributed by atoms with Gasteiger partial charge in [-0.1, -0.05) is 64.6 Å². The molecule has 0 saturated heterocycles. The predicted molar refractivity (Wildman–Crippen MR) is 90.1 cm³/mol. The van der Waals surface area contributed by atoms with E-state index < -0.39 is 0 Å². The van der Waals surface area contributed by atoms with Crippen LogP contribution < -0.4 is 0 Å². The zero-order valence-electron chi connectivity index (χ0n) is 14.0. The molecular formula is C19H30O2. The highest BCUT2D eigenvalue weighted by Crippen LogP contribution is 2.20. The van der Waals surface area contributed by atoms with Gasteiger partial charge in [-0.25, -0.2) is 0 Å². The minimum atomic E-state index is -0.129. The monoisotopic (exact) mass is 290 g/mol. The van der Waals surface area contributed by atoms with Gasteiger partial charge in [0.15, 0.2) is 6.29 Å². The average molecular weight is 290 g/mol. The van der Waals surface area contributed by atoms with Gasteiger partial charge in [0.1, 0.15) is 0 Å². The molecule has 118 valence electrons. The summed E-state index contributed by atoms with van der Waals surface area (Å²) in [7, 11) is 0. The predicted octanol–water partition coefficient (Wildman–Crippen LogP) is 5.15. The summed E-state index contributed by atoms with van der Waals surface area (Å²) in [5.41, 5.74) is 2.34. The Morgan fingerprint density at radius 1 is 0.952 bits per heavy atom. The summed E-state index contributed by atoms with van der Waals surface area (Å²) < 4.78 is 11.8. The zero-order chi connectivity index (χ0) is 15.7. The molecule has 1 aromatic carbocycles. The lowest BCUT2D eigenvalue weighted by atomic mass is 10.0. The maximum Gasteiger partial charge on any atom is 0.157 e. The van der Waals surface area contributed by atoms with E-state index >= 15 is 0 Å². The lowest BCUT2D eigenvalue weighted by Crippen LogP contribution is -2.22. The third-order valence-corrected chi connectivity index (χ3v) is 3.09. The summed E-state index contributed by atoms with van der Waals surface area (Å²) in [5, 5.41) is 0. The van der Waals surface area contributed by atoms with Crippen molar-refractivity contribution in [3.8, 4) is 0 Å². The summed E-state index contributed by atoms with van der Waals surface area (Å²) in [6.45, 7) is 14.3. The van der Waals surface area contributed by atoms with Crippen molar-refractivity contribution in [3.63, 3.8) is 0 Å². The van der Waals surface area contributed by atoms with Crippen LogP contribution in [0.4, 0.5) is 0 Å². The molecule has 2 heteroatoms. The number of benzene rings is 1. The fourth-order valence-corrected chi connectivity index (χ4v) is 1.92. The second-order valence-corrected chi connectivity index (χ2v) is 6.39. The minimum Gasteiger partial charge on any atom is -0.352 e. The molecule has 0 amide bonds. The molecule has 0 unspecified atom stereocenters. The first-order chi connectivity index (χ1) is 9.99. The first kappa shape index (κ1) is 17.9. The summed E-state index contributed by atoms with van der Waals surface area (Å²) in [6.07, 6.45) is 1.62. The molecule has 0 aliphatic carbocycles. The Hall–Kier alpha value is -1.12. The molecule has 0 aliphatic heterocycles. The van der Waals surface area contributed by atoms with Crippen LogP contribution >= 0.6 is 0 Å². The summed E-state index contributed by atoms with van der Waals surface area (Å²) in [4.78, 5) is 0. The third-order valence-electron chi connectivity index (χ3n) is 3.09. The second kappa shape index (κ2) is 9.75. The maximum atomic E-state index is 5.88. The molecule has 0 atom stereocenters. The topological polar surface area (TPSA) is 18.5 Å². The van der Waals surface area contributed by atoms with E-state index in [2.05, 4.69) is 46.4 Å². The first-order valence-electron chi connectivity index (χ1n) is 7.95. The van der Waals surface area contributed by atoms with Crippen LogP contribution in [0.15, 0.2) is 36.9 Å². The van der Waals surface area contributed by atoms with Gasteiger partial charge in [0, 0.05) is 6.42 Å². The van der Waals surface area contributed by atoms with Crippen molar-refractivity contribution in [2.45, 2.75) is 46.8 Å². The molecule has 0 radical (unpaired) electrons. The highest BCUT2D eigenvalue weighted by molar-refractivity contribution is 5.62. The van der Waals surface area contributed by atoms with Crippen LogP contribution in [0.5, 0.6) is 0 Å². The van der Waals surface area contributed by atoms with Gasteiger partial charge in [0.25, 0.3) is 0 Å². The van der Waals surface area contributed by atoms with Crippen LogP contribution in [0.3, 0.4) is 0 Å². The van der Waals surface area contributed by atoms with E-state index in [1.807, 2.05) is 18.2 Å². The smallest absolute Gasteiger partial charge is 0.157 e. The van der Waals surface area contributed by atoms with E-state index in [0.717, 1.165) is 31.6 Å². The quantitative estimate of drug-likeness (QED) is 0.555. The van der Waals surface area contributed by atoms with Crippen molar-refractivity contribution >= 4 is 5.57 Å². The standard InChI is InChI=1S/C19H30O2/c1-15(2)13-20-19(21-14-16(3)4)12-11-17(5)18-9-7-6-8-10-18/h6-10,15-16,19H,5,11-14H2,1-4H3. The summed E-state index contributed by atoms with van der Waals surface area (Å²) >= 11 is 0. The Balaban J connectivity index is 2.45. The van der Waals surface area contributed by atoms with Crippen molar-refractivity contribution in [3.05, 3.63) is 42.5 Å². The number of hydrogen-bond donors (Lipinski definition) is 0. The van der Waals surface area contributed by atoms with Gasteiger partial charge in [-0.15, -0.1) is 0 Å². The van der Waals surface area contributed by atoms with E-state index in [1.165, 1.54) is 5.56 Å². The van der Waals surface area contributed by atoms with Gasteiger partial charge >= 0.3 is 0 Å². The molecule has 0 aliphatic rings. The number of hydrogen-bond acceptors (Lipinski definition) is 2. The summed E-state index contributed by atoms with van der Waals surface area (Å²) in [5.74, 6) is 1.04. The highest BCUT2D eigenvalue weighted by atomic mass is 16.7. The molecule has 0 N–H and O–H groups in total. The van der Waals surface area contributed by atoms with E-state index in [1.54, 1.807) is 0 Å². The molecule has 1 aromatic rings. The molecule has 0 aromatic heterocycles. The molecule has 0 fully saturated rings. The number of allylic oxidation sites excluding steroid dienone is 1. The van der Waals surface area contributed by atoms with Crippen molar-refractivity contribution in [2.75, 3.05) is 13.2 Å². The van der Waals surface area contributed by atoms with Crippen molar-refractivity contribution < 1.29 is 9.47 Å². The van der Waals surface area contributed by atoms with Gasteiger partial charge in [-0.05, 0) is 29.4 Å². The molecular weight excluding hydrogens is 260 g/mol. The maximum absolute atomic E-state index is 5.88. The molecule has 0 heterocycles. The first-order valence-corrected chi connectivity index (χ1v) is 7.95. The van der Waals surface area contributed by atoms with E-state index in [0.29, 0.717) is 11.8 Å². The van der Waals surface area contributed by atoms with Crippen LogP contribution in [0.25, 0.3) is 5.57 Å². The Morgan fingerprint density at radius 3 is 1.95 bits per heavy atom. The number of ether oxygens (including phenoxy) is 2. The Bertz CT molecular complexity index is 383. The normalized spacial score (nSPS) is 11.6. The Morgan fingerprint density at radius 2 is 1.48 bits per heavy atom. The van der Waals surface area contributed by atoms with Crippen molar-refractivity contribution in [1.82, 2.24) is 0 Å². The lowest BCUT2D eigenvalue weighted by molar-refractivity contribution is -0.156. The molecule has 0 saturated carbocycles. The van der Waals surface area contributed by atoms with Crippen LogP contribution in [0, 0.1) is 11.8 Å². The van der Waals surface area contributed by atoms with Crippen molar-refractivity contribution in [1.29, 1.82) is 0 Å². The van der Waals surface area contributed by atoms with Gasteiger partial charge in [-0.2, -0.15) is 0 Å². The molecule has 0 spiro atoms. The lowest BCUT2D eigenvalue weighted by Gasteiger charge is -2.21. The SMILES string of the molecule is C=C(CCC(OCC(C)C)OCC(C)C)c1ccccc1. The van der Waals surface area contributed by atoms with Crippen LogP contribution in [-0.2, 0) is 9.47 Å². The van der Waals surface area contributed by atoms with Gasteiger partial charge in [0.2, 0.25) is 0 Å². The fraction of sp³-hybridized carbons (Fsp3) is 0.579.